The second kappa shape index (κ2) is 6.70. The van der Waals surface area contributed by atoms with Gasteiger partial charge >= 0.3 is 0 Å². The van der Waals surface area contributed by atoms with Crippen molar-refractivity contribution in [3.8, 4) is 0 Å². The third kappa shape index (κ3) is 3.15. The van der Waals surface area contributed by atoms with Crippen molar-refractivity contribution in [3.05, 3.63) is 102 Å². The van der Waals surface area contributed by atoms with Crippen LogP contribution in [0.25, 0.3) is 0 Å². The molecule has 0 atom stereocenters. The molecule has 0 aliphatic heterocycles. The zero-order chi connectivity index (χ0) is 12.2. The summed E-state index contributed by atoms with van der Waals surface area (Å²) in [4.78, 5) is 0. The van der Waals surface area contributed by atoms with E-state index in [1.165, 1.54) is 17.0 Å². The van der Waals surface area contributed by atoms with Gasteiger partial charge in [-0.2, -0.15) is 0 Å². The average molecular weight is 279 g/mol. The van der Waals surface area contributed by atoms with E-state index in [0.29, 0.717) is 5.92 Å². The number of hydrogen-bond donors (Lipinski definition) is 0. The molecule has 0 aromatic heterocycles. The van der Waals surface area contributed by atoms with Gasteiger partial charge in [0.05, 0.1) is 0 Å². The summed E-state index contributed by atoms with van der Waals surface area (Å²) < 4.78 is 0. The van der Waals surface area contributed by atoms with Crippen molar-refractivity contribution in [2.24, 2.45) is 5.92 Å². The van der Waals surface area contributed by atoms with Crippen LogP contribution in [0.5, 0.6) is 0 Å². The molecule has 2 aromatic carbocycles. The Labute approximate surface area is 129 Å². The van der Waals surface area contributed by atoms with Crippen LogP contribution in [0.15, 0.2) is 85.0 Å². The Morgan fingerprint density at radius 1 is 0.632 bits per heavy atom. The van der Waals surface area contributed by atoms with Gasteiger partial charge in [-0.3, -0.25) is 0 Å². The molecule has 0 saturated carbocycles. The molecule has 3 rings (SSSR count). The summed E-state index contributed by atoms with van der Waals surface area (Å²) in [6.07, 6.45) is 8.73. The van der Waals surface area contributed by atoms with Crippen molar-refractivity contribution in [2.45, 2.75) is 0 Å². The molecule has 1 aliphatic rings. The summed E-state index contributed by atoms with van der Waals surface area (Å²) in [6.45, 7) is 0. The van der Waals surface area contributed by atoms with Gasteiger partial charge in [0.15, 0.2) is 0 Å². The van der Waals surface area contributed by atoms with Crippen LogP contribution in [0, 0.1) is 11.8 Å². The van der Waals surface area contributed by atoms with Gasteiger partial charge in [0.25, 0.3) is 0 Å². The third-order valence-corrected chi connectivity index (χ3v) is 3.25. The van der Waals surface area contributed by atoms with Gasteiger partial charge in [-0.05, 0) is 11.1 Å². The minimum absolute atomic E-state index is 0. The quantitative estimate of drug-likeness (QED) is 0.731. The van der Waals surface area contributed by atoms with Crippen LogP contribution in [0.1, 0.15) is 11.1 Å². The fourth-order valence-corrected chi connectivity index (χ4v) is 2.41. The molecule has 0 fully saturated rings. The smallest absolute Gasteiger partial charge is 0.0445 e. The van der Waals surface area contributed by atoms with Crippen LogP contribution in [0.3, 0.4) is 0 Å². The largest absolute Gasteiger partial charge is 0.0763 e. The van der Waals surface area contributed by atoms with Crippen molar-refractivity contribution in [1.82, 2.24) is 0 Å². The summed E-state index contributed by atoms with van der Waals surface area (Å²) in [6, 6.07) is 21.2. The maximum atomic E-state index is 2.25. The Bertz CT molecular complexity index is 503. The zero-order valence-electron chi connectivity index (χ0n) is 10.7. The average Bonchev–Trinajstić information content (AvgIpc) is 2.95. The molecule has 0 bridgehead atoms. The molecule has 1 radical (unpaired) electrons. The minimum atomic E-state index is 0. The van der Waals surface area contributed by atoms with E-state index >= 15 is 0 Å². The minimum Gasteiger partial charge on any atom is -0.0763 e. The van der Waals surface area contributed by atoms with Gasteiger partial charge in [0.1, 0.15) is 0 Å². The summed E-state index contributed by atoms with van der Waals surface area (Å²) in [5, 5.41) is 0. The van der Waals surface area contributed by atoms with Crippen LogP contribution in [0.4, 0.5) is 0 Å². The van der Waals surface area contributed by atoms with Gasteiger partial charge < -0.3 is 0 Å². The predicted molar refractivity (Wildman–Crippen MR) is 76.1 cm³/mol. The van der Waals surface area contributed by atoms with Crippen LogP contribution in [-0.4, -0.2) is 0 Å². The Hall–Kier alpha value is -1.37. The van der Waals surface area contributed by atoms with E-state index in [2.05, 4.69) is 85.0 Å². The molecule has 0 unspecified atom stereocenters. The summed E-state index contributed by atoms with van der Waals surface area (Å²) in [5.41, 5.74) is 2.59. The van der Waals surface area contributed by atoms with Crippen molar-refractivity contribution in [2.75, 3.05) is 0 Å². The first-order valence-electron chi connectivity index (χ1n) is 6.28. The van der Waals surface area contributed by atoms with Crippen molar-refractivity contribution < 1.29 is 21.7 Å². The molecule has 0 nitrogen and oxygen atoms in total. The van der Waals surface area contributed by atoms with Crippen LogP contribution < -0.4 is 0 Å². The van der Waals surface area contributed by atoms with Gasteiger partial charge in [-0.1, -0.05) is 85.0 Å². The van der Waals surface area contributed by atoms with E-state index in [1.807, 2.05) is 0 Å². The van der Waals surface area contributed by atoms with E-state index in [1.54, 1.807) is 0 Å². The molecule has 1 aliphatic carbocycles. The van der Waals surface area contributed by atoms with Crippen LogP contribution in [-0.2, 0) is 21.7 Å². The predicted octanol–water partition coefficient (Wildman–Crippen LogP) is 4.40. The van der Waals surface area contributed by atoms with Crippen LogP contribution in [0.2, 0.25) is 0 Å². The van der Waals surface area contributed by atoms with Crippen molar-refractivity contribution >= 4 is 0 Å². The monoisotopic (exact) mass is 279 g/mol. The fraction of sp³-hybridized carbons (Fsp3) is 0.0556. The van der Waals surface area contributed by atoms with E-state index in [-0.39, 0.29) is 21.7 Å². The molecule has 0 saturated heterocycles. The molecular formula is C18H15Ti. The molecular weight excluding hydrogens is 264 g/mol. The van der Waals surface area contributed by atoms with E-state index < -0.39 is 0 Å². The first-order chi connectivity index (χ1) is 8.95. The Kier molecular flexibility index (Phi) is 4.96. The molecule has 1 heteroatoms. The Balaban J connectivity index is 0.00000133. The van der Waals surface area contributed by atoms with E-state index in [9.17, 15) is 0 Å². The molecule has 0 amide bonds. The Morgan fingerprint density at radius 3 is 1.47 bits per heavy atom. The number of allylic oxidation sites excluding steroid dienone is 4. The second-order valence-corrected chi connectivity index (χ2v) is 4.44. The zero-order valence-corrected chi connectivity index (χ0v) is 12.2. The SMILES string of the molecule is C1=CC([C](c2ccccc2)c2ccccc2)C=C1.[Ti]. The molecule has 19 heavy (non-hydrogen) atoms. The van der Waals surface area contributed by atoms with Crippen LogP contribution >= 0.6 is 0 Å². The fourth-order valence-electron chi connectivity index (χ4n) is 2.41. The summed E-state index contributed by atoms with van der Waals surface area (Å²) in [7, 11) is 0. The normalized spacial score (nSPS) is 13.7. The Morgan fingerprint density at radius 2 is 1.05 bits per heavy atom. The topological polar surface area (TPSA) is 0 Å². The second-order valence-electron chi connectivity index (χ2n) is 4.44. The summed E-state index contributed by atoms with van der Waals surface area (Å²) >= 11 is 0. The van der Waals surface area contributed by atoms with Gasteiger partial charge in [0, 0.05) is 33.6 Å². The standard InChI is InChI=1S/C18H15.Ti/c1-3-9-15(10-4-1)18(17-13-7-8-14-17)16-11-5-2-6-12-16;/h1-14,17H;. The number of benzene rings is 2. The van der Waals surface area contributed by atoms with Crippen molar-refractivity contribution in [3.63, 3.8) is 0 Å². The molecule has 91 valence electrons. The molecule has 2 aromatic rings. The first kappa shape index (κ1) is 14.1. The number of hydrogen-bond acceptors (Lipinski definition) is 0. The van der Waals surface area contributed by atoms with Gasteiger partial charge in [-0.15, -0.1) is 0 Å². The summed E-state index contributed by atoms with van der Waals surface area (Å²) in [5.74, 6) is 1.76. The number of rotatable bonds is 3. The third-order valence-electron chi connectivity index (χ3n) is 3.25. The van der Waals surface area contributed by atoms with Gasteiger partial charge in [-0.25, -0.2) is 0 Å². The maximum absolute atomic E-state index is 2.25. The molecule has 0 N–H and O–H groups in total. The molecule has 0 heterocycles. The van der Waals surface area contributed by atoms with E-state index in [0.717, 1.165) is 0 Å². The molecule has 0 spiro atoms. The van der Waals surface area contributed by atoms with E-state index in [4.69, 9.17) is 0 Å². The maximum Gasteiger partial charge on any atom is 0.0445 e. The van der Waals surface area contributed by atoms with Gasteiger partial charge in [0.2, 0.25) is 0 Å². The first-order valence-corrected chi connectivity index (χ1v) is 6.28. The van der Waals surface area contributed by atoms with Crippen molar-refractivity contribution in [1.29, 1.82) is 0 Å².